The molecule has 1 saturated heterocycles. The second-order valence-electron chi connectivity index (χ2n) is 9.12. The van der Waals surface area contributed by atoms with E-state index in [0.717, 1.165) is 55.0 Å². The Balaban J connectivity index is 1.41. The average molecular weight is 433 g/mol. The first-order valence-corrected chi connectivity index (χ1v) is 12.1. The predicted molar refractivity (Wildman–Crippen MR) is 119 cm³/mol. The number of alkyl halides is 1. The Kier molecular flexibility index (Phi) is 6.35. The van der Waals surface area contributed by atoms with Crippen molar-refractivity contribution in [1.29, 1.82) is 0 Å². The number of rotatable bonds is 6. The Hall–Kier alpha value is -1.66. The van der Waals surface area contributed by atoms with Gasteiger partial charge >= 0.3 is 0 Å². The van der Waals surface area contributed by atoms with Crippen LogP contribution in [0.5, 0.6) is 5.75 Å². The minimum atomic E-state index is -1.15. The van der Waals surface area contributed by atoms with Gasteiger partial charge in [0.1, 0.15) is 23.3 Å². The van der Waals surface area contributed by atoms with Gasteiger partial charge in [0.15, 0.2) is 0 Å². The second kappa shape index (κ2) is 8.83. The van der Waals surface area contributed by atoms with Crippen LogP contribution in [0, 0.1) is 11.7 Å². The van der Waals surface area contributed by atoms with Gasteiger partial charge in [0, 0.05) is 29.8 Å². The van der Waals surface area contributed by atoms with Crippen LogP contribution in [0.4, 0.5) is 8.78 Å². The Bertz CT molecular complexity index is 891. The van der Waals surface area contributed by atoms with Crippen LogP contribution in [0.15, 0.2) is 30.5 Å². The molecule has 1 fully saturated rings. The highest BCUT2D eigenvalue weighted by molar-refractivity contribution is 7.97. The summed E-state index contributed by atoms with van der Waals surface area (Å²) < 4.78 is 34.7. The molecule has 0 saturated carbocycles. The first-order valence-electron chi connectivity index (χ1n) is 10.7. The number of benzene rings is 1. The van der Waals surface area contributed by atoms with Crippen LogP contribution >= 0.6 is 11.8 Å². The largest absolute Gasteiger partial charge is 0.488 e. The van der Waals surface area contributed by atoms with Crippen molar-refractivity contribution in [3.05, 3.63) is 47.4 Å². The van der Waals surface area contributed by atoms with Gasteiger partial charge < -0.3 is 9.64 Å². The molecular weight excluding hydrogens is 402 g/mol. The van der Waals surface area contributed by atoms with Crippen LogP contribution in [0.2, 0.25) is 0 Å². The minimum Gasteiger partial charge on any atom is -0.488 e. The molecule has 1 aromatic carbocycles. The summed E-state index contributed by atoms with van der Waals surface area (Å²) in [6.45, 7) is 5.58. The number of hydrogen-bond donors (Lipinski definition) is 0. The molecule has 162 valence electrons. The van der Waals surface area contributed by atoms with Gasteiger partial charge in [-0.25, -0.2) is 8.78 Å². The van der Waals surface area contributed by atoms with Gasteiger partial charge in [-0.1, -0.05) is 6.07 Å². The van der Waals surface area contributed by atoms with Crippen LogP contribution in [-0.4, -0.2) is 47.5 Å². The molecule has 30 heavy (non-hydrogen) atoms. The zero-order valence-electron chi connectivity index (χ0n) is 18.0. The fourth-order valence-electron chi connectivity index (χ4n) is 4.62. The smallest absolute Gasteiger partial charge is 0.141 e. The third kappa shape index (κ3) is 4.97. The number of thioether (sulfide) groups is 1. The number of halogens is 2. The first kappa shape index (κ1) is 21.6. The number of ether oxygens (including phenoxy) is 1. The van der Waals surface area contributed by atoms with Crippen molar-refractivity contribution in [2.45, 2.75) is 50.6 Å². The standard InChI is InChI=1S/C24H30F2N2OS/c1-24(2,26)15-28-8-6-17(7-9-28)22-12-18-11-21(27-13-23(18)29-22)19-5-4-16(14-30-3)10-20(19)25/h4-5,10-11,13,17,22H,6-9,12,14-15H2,1-3H3. The third-order valence-corrected chi connectivity index (χ3v) is 6.65. The quantitative estimate of drug-likeness (QED) is 0.601. The maximum atomic E-state index is 14.6. The lowest BCUT2D eigenvalue weighted by Crippen LogP contribution is -2.43. The summed E-state index contributed by atoms with van der Waals surface area (Å²) in [7, 11) is 0. The van der Waals surface area contributed by atoms with E-state index in [-0.39, 0.29) is 11.9 Å². The minimum absolute atomic E-state index is 0.131. The number of pyridine rings is 1. The van der Waals surface area contributed by atoms with Crippen molar-refractivity contribution < 1.29 is 13.5 Å². The summed E-state index contributed by atoms with van der Waals surface area (Å²) in [5.41, 5.74) is 2.12. The van der Waals surface area contributed by atoms with Crippen molar-refractivity contribution in [2.24, 2.45) is 5.92 Å². The fraction of sp³-hybridized carbons (Fsp3) is 0.542. The Labute approximate surface area is 182 Å². The molecule has 4 rings (SSSR count). The lowest BCUT2D eigenvalue weighted by Gasteiger charge is -2.36. The normalized spacial score (nSPS) is 20.2. The molecule has 1 unspecified atom stereocenters. The lowest BCUT2D eigenvalue weighted by molar-refractivity contribution is 0.0606. The maximum Gasteiger partial charge on any atom is 0.141 e. The molecule has 6 heteroatoms. The van der Waals surface area contributed by atoms with Crippen molar-refractivity contribution in [2.75, 3.05) is 25.9 Å². The number of piperidine rings is 1. The van der Waals surface area contributed by atoms with Crippen LogP contribution < -0.4 is 4.74 Å². The molecule has 3 heterocycles. The predicted octanol–water partition coefficient (Wildman–Crippen LogP) is 5.51. The summed E-state index contributed by atoms with van der Waals surface area (Å²) in [6, 6.07) is 7.37. The first-order chi connectivity index (χ1) is 14.3. The molecule has 0 radical (unpaired) electrons. The number of fused-ring (bicyclic) bond motifs is 1. The van der Waals surface area contributed by atoms with Crippen molar-refractivity contribution >= 4 is 11.8 Å². The topological polar surface area (TPSA) is 25.4 Å². The molecule has 1 atom stereocenters. The Morgan fingerprint density at radius 3 is 2.67 bits per heavy atom. The van der Waals surface area contributed by atoms with E-state index in [1.54, 1.807) is 37.9 Å². The number of likely N-dealkylation sites (tertiary alicyclic amines) is 1. The number of hydrogen-bond acceptors (Lipinski definition) is 4. The molecule has 2 aliphatic rings. The van der Waals surface area contributed by atoms with Gasteiger partial charge in [-0.15, -0.1) is 0 Å². The summed E-state index contributed by atoms with van der Waals surface area (Å²) in [6.07, 6.45) is 6.74. The highest BCUT2D eigenvalue weighted by atomic mass is 32.2. The number of aromatic nitrogens is 1. The Morgan fingerprint density at radius 2 is 2.00 bits per heavy atom. The van der Waals surface area contributed by atoms with E-state index < -0.39 is 5.67 Å². The lowest BCUT2D eigenvalue weighted by atomic mass is 9.88. The van der Waals surface area contributed by atoms with Crippen LogP contribution in [0.25, 0.3) is 11.3 Å². The van der Waals surface area contributed by atoms with Gasteiger partial charge in [-0.3, -0.25) is 4.98 Å². The average Bonchev–Trinajstić information content (AvgIpc) is 3.11. The molecule has 0 spiro atoms. The monoisotopic (exact) mass is 432 g/mol. The van der Waals surface area contributed by atoms with Crippen molar-refractivity contribution in [1.82, 2.24) is 9.88 Å². The van der Waals surface area contributed by atoms with Gasteiger partial charge in [0.2, 0.25) is 0 Å². The zero-order chi connectivity index (χ0) is 21.3. The highest BCUT2D eigenvalue weighted by Crippen LogP contribution is 2.37. The van der Waals surface area contributed by atoms with Gasteiger partial charge in [-0.05, 0) is 75.7 Å². The molecule has 0 aliphatic carbocycles. The summed E-state index contributed by atoms with van der Waals surface area (Å²) in [5, 5.41) is 0. The van der Waals surface area contributed by atoms with Crippen LogP contribution in [0.3, 0.4) is 0 Å². The summed E-state index contributed by atoms with van der Waals surface area (Å²) in [4.78, 5) is 6.68. The van der Waals surface area contributed by atoms with Gasteiger partial charge in [0.25, 0.3) is 0 Å². The second-order valence-corrected chi connectivity index (χ2v) is 9.98. The zero-order valence-corrected chi connectivity index (χ0v) is 18.8. The number of nitrogens with zero attached hydrogens (tertiary/aromatic N) is 2. The fourth-order valence-corrected chi connectivity index (χ4v) is 5.13. The molecule has 3 nitrogen and oxygen atoms in total. The molecule has 0 amide bonds. The Morgan fingerprint density at radius 1 is 1.23 bits per heavy atom. The van der Waals surface area contributed by atoms with Crippen molar-refractivity contribution in [3.63, 3.8) is 0 Å². The van der Waals surface area contributed by atoms with Crippen LogP contribution in [-0.2, 0) is 12.2 Å². The molecule has 2 aliphatic heterocycles. The van der Waals surface area contributed by atoms with E-state index in [9.17, 15) is 8.78 Å². The summed E-state index contributed by atoms with van der Waals surface area (Å²) in [5.74, 6) is 1.84. The van der Waals surface area contributed by atoms with Gasteiger partial charge in [0.05, 0.1) is 11.9 Å². The molecule has 2 aromatic rings. The van der Waals surface area contributed by atoms with E-state index in [2.05, 4.69) is 9.88 Å². The molecule has 0 N–H and O–H groups in total. The summed E-state index contributed by atoms with van der Waals surface area (Å²) >= 11 is 1.68. The van der Waals surface area contributed by atoms with Gasteiger partial charge in [-0.2, -0.15) is 11.8 Å². The van der Waals surface area contributed by atoms with E-state index in [1.807, 2.05) is 24.5 Å². The highest BCUT2D eigenvalue weighted by Gasteiger charge is 2.34. The third-order valence-electron chi connectivity index (χ3n) is 6.03. The molecule has 1 aromatic heterocycles. The van der Waals surface area contributed by atoms with E-state index in [1.165, 1.54) is 0 Å². The maximum absolute atomic E-state index is 14.6. The SMILES string of the molecule is CSCc1ccc(-c2cc3c(cn2)OC(C2CCN(CC(C)(C)F)CC2)C3)c(F)c1. The van der Waals surface area contributed by atoms with Crippen molar-refractivity contribution in [3.8, 4) is 17.0 Å². The van der Waals surface area contributed by atoms with E-state index in [0.29, 0.717) is 23.7 Å². The van der Waals surface area contributed by atoms with Crippen LogP contribution in [0.1, 0.15) is 37.8 Å². The molecule has 0 bridgehead atoms. The molecular formula is C24H30F2N2OS. The van der Waals surface area contributed by atoms with E-state index in [4.69, 9.17) is 4.74 Å². The van der Waals surface area contributed by atoms with E-state index >= 15 is 0 Å².